The summed E-state index contributed by atoms with van der Waals surface area (Å²) in [7, 11) is 1.57. The number of phenolic OH excluding ortho intramolecular Hbond substituents is 1. The molecule has 0 aliphatic heterocycles. The van der Waals surface area contributed by atoms with Crippen molar-refractivity contribution in [2.45, 2.75) is 32.2 Å². The highest BCUT2D eigenvalue weighted by Gasteiger charge is 2.28. The molecule has 1 aromatic carbocycles. The third-order valence-electron chi connectivity index (χ3n) is 4.06. The lowest BCUT2D eigenvalue weighted by Crippen LogP contribution is -2.48. The van der Waals surface area contributed by atoms with Crippen LogP contribution >= 0.6 is 0 Å². The largest absolute Gasteiger partial charge is 0.508 e. The zero-order chi connectivity index (χ0) is 19.0. The number of nitrogens with two attached hydrogens (primary N) is 2. The molecular weight excluding hydrogens is 322 g/mol. The van der Waals surface area contributed by atoms with Crippen molar-refractivity contribution in [3.63, 3.8) is 0 Å². The first kappa shape index (κ1) is 20.3. The van der Waals surface area contributed by atoms with Crippen molar-refractivity contribution < 1.29 is 14.7 Å². The number of carbonyl (C=O) groups is 2. The van der Waals surface area contributed by atoms with Gasteiger partial charge in [0.2, 0.25) is 11.8 Å². The average Bonchev–Trinajstić information content (AvgIpc) is 2.56. The predicted octanol–water partition coefficient (Wildman–Crippen LogP) is 0.146. The highest BCUT2D eigenvalue weighted by molar-refractivity contribution is 5.87. The quantitative estimate of drug-likeness (QED) is 0.245. The number of amides is 2. The Labute approximate surface area is 147 Å². The highest BCUT2D eigenvalue weighted by atomic mass is 16.3. The van der Waals surface area contributed by atoms with Crippen molar-refractivity contribution in [2.24, 2.45) is 17.4 Å². The van der Waals surface area contributed by atoms with Crippen molar-refractivity contribution >= 4 is 17.8 Å². The number of benzene rings is 1. The number of nitrogens with one attached hydrogen (secondary N) is 2. The highest BCUT2D eigenvalue weighted by Crippen LogP contribution is 2.16. The Morgan fingerprint density at radius 3 is 2.40 bits per heavy atom. The first-order valence-corrected chi connectivity index (χ1v) is 8.14. The lowest BCUT2D eigenvalue weighted by Gasteiger charge is -2.28. The molecule has 0 saturated carbocycles. The molecule has 0 heterocycles. The van der Waals surface area contributed by atoms with Gasteiger partial charge in [0.1, 0.15) is 11.8 Å². The molecule has 7 N–H and O–H groups in total. The summed E-state index contributed by atoms with van der Waals surface area (Å²) < 4.78 is 0. The second-order valence-corrected chi connectivity index (χ2v) is 6.12. The molecule has 0 aliphatic rings. The van der Waals surface area contributed by atoms with Gasteiger partial charge in [-0.25, -0.2) is 0 Å². The fourth-order valence-electron chi connectivity index (χ4n) is 2.54. The zero-order valence-electron chi connectivity index (χ0n) is 14.7. The zero-order valence-corrected chi connectivity index (χ0v) is 14.7. The maximum atomic E-state index is 12.6. The number of guanidine groups is 1. The molecule has 8 heteroatoms. The van der Waals surface area contributed by atoms with E-state index in [9.17, 15) is 14.7 Å². The number of aromatic hydroxyl groups is 1. The molecule has 2 atom stereocenters. The summed E-state index contributed by atoms with van der Waals surface area (Å²) in [5, 5.41) is 19.1. The standard InChI is InChI=1S/C17H27N5O3/c1-11(4-3-9-21-17(19)20)16(25)22(2)14(15(18)24)10-12-5-7-13(23)8-6-12/h5-8,11,14,23H,3-4,9-10H2,1-2H3,(H2,18,24)(H4,19,20,21)/t11-,14?/m0/s1. The summed E-state index contributed by atoms with van der Waals surface area (Å²) in [6.07, 6.45) is 1.57. The Kier molecular flexibility index (Phi) is 7.71. The van der Waals surface area contributed by atoms with Crippen molar-refractivity contribution in [2.75, 3.05) is 13.6 Å². The van der Waals surface area contributed by atoms with E-state index in [-0.39, 0.29) is 30.0 Å². The van der Waals surface area contributed by atoms with Crippen LogP contribution in [0.3, 0.4) is 0 Å². The number of primary amides is 1. The molecule has 1 aromatic rings. The van der Waals surface area contributed by atoms with Gasteiger partial charge in [0.05, 0.1) is 0 Å². The van der Waals surface area contributed by atoms with Gasteiger partial charge in [-0.05, 0) is 30.5 Å². The van der Waals surface area contributed by atoms with Crippen LogP contribution < -0.4 is 16.8 Å². The Morgan fingerprint density at radius 1 is 1.28 bits per heavy atom. The third kappa shape index (κ3) is 6.70. The van der Waals surface area contributed by atoms with E-state index in [4.69, 9.17) is 16.9 Å². The van der Waals surface area contributed by atoms with Crippen LogP contribution in [-0.2, 0) is 16.0 Å². The van der Waals surface area contributed by atoms with Crippen molar-refractivity contribution in [1.82, 2.24) is 10.2 Å². The second kappa shape index (κ2) is 9.51. The van der Waals surface area contributed by atoms with Crippen molar-refractivity contribution in [1.29, 1.82) is 5.41 Å². The Bertz CT molecular complexity index is 603. The van der Waals surface area contributed by atoms with Gasteiger partial charge in [0, 0.05) is 25.9 Å². The van der Waals surface area contributed by atoms with Crippen molar-refractivity contribution in [3.05, 3.63) is 29.8 Å². The molecule has 8 nitrogen and oxygen atoms in total. The number of nitrogens with zero attached hydrogens (tertiary/aromatic N) is 1. The van der Waals surface area contributed by atoms with E-state index >= 15 is 0 Å². The molecule has 0 saturated heterocycles. The summed E-state index contributed by atoms with van der Waals surface area (Å²) in [6, 6.07) is 5.69. The smallest absolute Gasteiger partial charge is 0.240 e. The van der Waals surface area contributed by atoms with Crippen LogP contribution in [0.5, 0.6) is 5.75 Å². The van der Waals surface area contributed by atoms with Gasteiger partial charge in [0.15, 0.2) is 5.96 Å². The number of hydrogen-bond acceptors (Lipinski definition) is 4. The fourth-order valence-corrected chi connectivity index (χ4v) is 2.54. The van der Waals surface area contributed by atoms with E-state index in [2.05, 4.69) is 5.32 Å². The molecule has 138 valence electrons. The molecule has 1 unspecified atom stereocenters. The molecule has 0 bridgehead atoms. The minimum Gasteiger partial charge on any atom is -0.508 e. The Hall–Kier alpha value is -2.77. The van der Waals surface area contributed by atoms with Crippen LogP contribution in [0.4, 0.5) is 0 Å². The molecule has 0 radical (unpaired) electrons. The monoisotopic (exact) mass is 349 g/mol. The van der Waals surface area contributed by atoms with Crippen molar-refractivity contribution in [3.8, 4) is 5.75 Å². The molecule has 1 rings (SSSR count). The van der Waals surface area contributed by atoms with Gasteiger partial charge >= 0.3 is 0 Å². The number of phenols is 1. The van der Waals surface area contributed by atoms with Crippen LogP contribution in [-0.4, -0.2) is 47.4 Å². The maximum Gasteiger partial charge on any atom is 0.240 e. The topological polar surface area (TPSA) is 146 Å². The predicted molar refractivity (Wildman–Crippen MR) is 95.9 cm³/mol. The molecule has 0 aromatic heterocycles. The summed E-state index contributed by atoms with van der Waals surface area (Å²) in [6.45, 7) is 2.31. The maximum absolute atomic E-state index is 12.6. The van der Waals surface area contributed by atoms with Gasteiger partial charge in [-0.1, -0.05) is 19.1 Å². The summed E-state index contributed by atoms with van der Waals surface area (Å²) in [5.41, 5.74) is 11.5. The first-order chi connectivity index (χ1) is 11.7. The third-order valence-corrected chi connectivity index (χ3v) is 4.06. The molecule has 0 aliphatic carbocycles. The van der Waals surface area contributed by atoms with E-state index in [1.807, 2.05) is 0 Å². The van der Waals surface area contributed by atoms with Crippen LogP contribution in [0.1, 0.15) is 25.3 Å². The van der Waals surface area contributed by atoms with Crippen LogP contribution in [0.2, 0.25) is 0 Å². The van der Waals surface area contributed by atoms with E-state index in [1.165, 1.54) is 17.0 Å². The number of likely N-dealkylation sites (N-methyl/N-ethyl adjacent to an activating group) is 1. The van der Waals surface area contributed by atoms with Gasteiger partial charge in [-0.3, -0.25) is 15.0 Å². The minimum absolute atomic E-state index is 0.0983. The number of carbonyl (C=O) groups excluding carboxylic acids is 2. The summed E-state index contributed by atoms with van der Waals surface area (Å²) in [5.74, 6) is -0.976. The molecule has 2 amide bonds. The lowest BCUT2D eigenvalue weighted by atomic mass is 10.00. The van der Waals surface area contributed by atoms with E-state index < -0.39 is 11.9 Å². The Balaban J connectivity index is 2.65. The van der Waals surface area contributed by atoms with E-state index in [1.54, 1.807) is 26.1 Å². The van der Waals surface area contributed by atoms with Crippen LogP contribution in [0.25, 0.3) is 0 Å². The number of hydrogen-bond donors (Lipinski definition) is 5. The summed E-state index contributed by atoms with van der Waals surface area (Å²) in [4.78, 5) is 25.7. The van der Waals surface area contributed by atoms with E-state index in [0.717, 1.165) is 5.56 Å². The van der Waals surface area contributed by atoms with Gasteiger partial charge < -0.3 is 26.8 Å². The first-order valence-electron chi connectivity index (χ1n) is 8.14. The molecule has 0 fully saturated rings. The molecule has 25 heavy (non-hydrogen) atoms. The summed E-state index contributed by atoms with van der Waals surface area (Å²) >= 11 is 0. The van der Waals surface area contributed by atoms with Crippen LogP contribution in [0, 0.1) is 11.3 Å². The van der Waals surface area contributed by atoms with Gasteiger partial charge in [-0.2, -0.15) is 0 Å². The second-order valence-electron chi connectivity index (χ2n) is 6.12. The molecule has 0 spiro atoms. The molecular formula is C17H27N5O3. The van der Waals surface area contributed by atoms with Gasteiger partial charge in [-0.15, -0.1) is 0 Å². The minimum atomic E-state index is -0.755. The van der Waals surface area contributed by atoms with Gasteiger partial charge in [0.25, 0.3) is 0 Å². The SMILES string of the molecule is C[C@@H](CCCNC(=N)N)C(=O)N(C)C(Cc1ccc(O)cc1)C(N)=O. The van der Waals surface area contributed by atoms with E-state index in [0.29, 0.717) is 19.4 Å². The lowest BCUT2D eigenvalue weighted by molar-refractivity contribution is -0.140. The number of rotatable bonds is 9. The fraction of sp³-hybridized carbons (Fsp3) is 0.471. The normalized spacial score (nSPS) is 12.9. The average molecular weight is 349 g/mol. The van der Waals surface area contributed by atoms with Crippen LogP contribution in [0.15, 0.2) is 24.3 Å². The Morgan fingerprint density at radius 2 is 1.88 bits per heavy atom.